The van der Waals surface area contributed by atoms with Crippen LogP contribution in [-0.2, 0) is 9.59 Å². The summed E-state index contributed by atoms with van der Waals surface area (Å²) in [5, 5.41) is 9.51. The molecule has 0 aliphatic carbocycles. The minimum absolute atomic E-state index is 0.000523. The van der Waals surface area contributed by atoms with Crippen molar-refractivity contribution in [3.8, 4) is 11.5 Å². The zero-order valence-corrected chi connectivity index (χ0v) is 14.0. The lowest BCUT2D eigenvalue weighted by Gasteiger charge is -2.03. The van der Waals surface area contributed by atoms with E-state index in [2.05, 4.69) is 6.92 Å². The van der Waals surface area contributed by atoms with Crippen molar-refractivity contribution in [2.75, 3.05) is 7.11 Å². The van der Waals surface area contributed by atoms with Gasteiger partial charge in [0.05, 0.1) is 13.5 Å². The highest BCUT2D eigenvalue weighted by Crippen LogP contribution is 2.26. The van der Waals surface area contributed by atoms with Crippen molar-refractivity contribution in [1.29, 1.82) is 0 Å². The average Bonchev–Trinajstić information content (AvgIpc) is 2.54. The van der Waals surface area contributed by atoms with Crippen LogP contribution in [0.25, 0.3) is 6.08 Å². The molecule has 0 unspecified atom stereocenters. The molecule has 4 nitrogen and oxygen atoms in total. The lowest BCUT2D eigenvalue weighted by Crippen LogP contribution is -2.05. The van der Waals surface area contributed by atoms with Crippen LogP contribution in [0.4, 0.5) is 0 Å². The molecule has 1 N–H and O–H groups in total. The number of hydrogen-bond donors (Lipinski definition) is 1. The first-order valence-electron chi connectivity index (χ1n) is 8.16. The molecule has 1 rings (SSSR count). The number of carbonyl (C=O) groups excluding carboxylic acids is 2. The number of methoxy groups -OCH3 is 1. The molecule has 0 spiro atoms. The maximum atomic E-state index is 11.8. The van der Waals surface area contributed by atoms with Gasteiger partial charge < -0.3 is 9.84 Å². The highest BCUT2D eigenvalue weighted by molar-refractivity contribution is 6.06. The second-order valence-electron chi connectivity index (χ2n) is 5.61. The molecule has 0 atom stereocenters. The zero-order chi connectivity index (χ0) is 17.1. The van der Waals surface area contributed by atoms with Gasteiger partial charge in [-0.1, -0.05) is 44.7 Å². The van der Waals surface area contributed by atoms with E-state index in [1.54, 1.807) is 18.2 Å². The van der Waals surface area contributed by atoms with Crippen LogP contribution >= 0.6 is 0 Å². The predicted octanol–water partition coefficient (Wildman–Crippen LogP) is 4.30. The van der Waals surface area contributed by atoms with Crippen molar-refractivity contribution in [2.24, 2.45) is 0 Å². The van der Waals surface area contributed by atoms with Crippen LogP contribution in [0.5, 0.6) is 11.5 Å². The third-order valence-corrected chi connectivity index (χ3v) is 3.60. The van der Waals surface area contributed by atoms with E-state index in [1.807, 2.05) is 0 Å². The number of Topliss-reactive ketones (excluding diaryl/α,β-unsaturated/α-hetero) is 1. The third-order valence-electron chi connectivity index (χ3n) is 3.60. The number of ketones is 2. The Balaban J connectivity index is 2.39. The Labute approximate surface area is 138 Å². The molecule has 0 aliphatic heterocycles. The smallest absolute Gasteiger partial charge is 0.163 e. The maximum Gasteiger partial charge on any atom is 0.163 e. The molecular formula is C19H26O4. The van der Waals surface area contributed by atoms with Crippen LogP contribution in [0, 0.1) is 0 Å². The van der Waals surface area contributed by atoms with Crippen LogP contribution in [0.2, 0.25) is 0 Å². The third kappa shape index (κ3) is 7.63. The molecule has 0 fully saturated rings. The fraction of sp³-hybridized carbons (Fsp3) is 0.474. The van der Waals surface area contributed by atoms with E-state index in [0.717, 1.165) is 24.8 Å². The number of aromatic hydroxyl groups is 1. The zero-order valence-electron chi connectivity index (χ0n) is 14.0. The standard InChI is InChI=1S/C19H26O4/c1-3-4-5-6-7-8-16(20)14-17(21)11-9-15-10-12-18(22)19(13-15)23-2/h9-13,22H,3-8,14H2,1-2H3/b11-9+. The topological polar surface area (TPSA) is 63.6 Å². The van der Waals surface area contributed by atoms with Gasteiger partial charge in [-0.2, -0.15) is 0 Å². The summed E-state index contributed by atoms with van der Waals surface area (Å²) >= 11 is 0. The number of phenolic OH excluding ortho intramolecular Hbond substituents is 1. The molecule has 0 radical (unpaired) electrons. The van der Waals surface area contributed by atoms with Crippen molar-refractivity contribution in [3.05, 3.63) is 29.8 Å². The Hall–Kier alpha value is -2.10. The first kappa shape index (κ1) is 18.9. The molecule has 0 bridgehead atoms. The largest absolute Gasteiger partial charge is 0.504 e. The first-order valence-corrected chi connectivity index (χ1v) is 8.16. The van der Waals surface area contributed by atoms with Crippen molar-refractivity contribution in [3.63, 3.8) is 0 Å². The van der Waals surface area contributed by atoms with E-state index in [4.69, 9.17) is 4.74 Å². The van der Waals surface area contributed by atoms with Crippen LogP contribution in [0.1, 0.15) is 57.4 Å². The number of ether oxygens (including phenoxy) is 1. The summed E-state index contributed by atoms with van der Waals surface area (Å²) in [7, 11) is 1.47. The number of allylic oxidation sites excluding steroid dienone is 1. The molecule has 0 saturated heterocycles. The SMILES string of the molecule is CCCCCCCC(=O)CC(=O)/C=C/c1ccc(O)c(OC)c1. The summed E-state index contributed by atoms with van der Waals surface area (Å²) in [5.74, 6) is 0.201. The van der Waals surface area contributed by atoms with E-state index in [-0.39, 0.29) is 23.7 Å². The lowest BCUT2D eigenvalue weighted by atomic mass is 10.1. The van der Waals surface area contributed by atoms with Gasteiger partial charge in [-0.25, -0.2) is 0 Å². The number of unbranched alkanes of at least 4 members (excludes halogenated alkanes) is 4. The molecule has 0 aromatic heterocycles. The Bertz CT molecular complexity index is 546. The second-order valence-corrected chi connectivity index (χ2v) is 5.61. The quantitative estimate of drug-likeness (QED) is 0.375. The molecule has 1 aromatic rings. The summed E-state index contributed by atoms with van der Waals surface area (Å²) in [5.41, 5.74) is 0.736. The van der Waals surface area contributed by atoms with Crippen LogP contribution in [0.15, 0.2) is 24.3 Å². The number of benzene rings is 1. The van der Waals surface area contributed by atoms with Gasteiger partial charge in [0.15, 0.2) is 17.3 Å². The number of hydrogen-bond acceptors (Lipinski definition) is 4. The van der Waals surface area contributed by atoms with Gasteiger partial charge in [0.2, 0.25) is 0 Å². The number of carbonyl (C=O) groups is 2. The van der Waals surface area contributed by atoms with E-state index in [1.165, 1.54) is 32.1 Å². The van der Waals surface area contributed by atoms with Crippen LogP contribution in [-0.4, -0.2) is 23.8 Å². The molecule has 4 heteroatoms. The fourth-order valence-corrected chi connectivity index (χ4v) is 2.25. The van der Waals surface area contributed by atoms with Gasteiger partial charge in [-0.05, 0) is 30.2 Å². The number of rotatable bonds is 11. The summed E-state index contributed by atoms with van der Waals surface area (Å²) < 4.78 is 5.01. The van der Waals surface area contributed by atoms with Crippen molar-refractivity contribution in [1.82, 2.24) is 0 Å². The van der Waals surface area contributed by atoms with E-state index >= 15 is 0 Å². The minimum Gasteiger partial charge on any atom is -0.504 e. The van der Waals surface area contributed by atoms with E-state index < -0.39 is 0 Å². The van der Waals surface area contributed by atoms with Gasteiger partial charge in [0, 0.05) is 6.42 Å². The molecular weight excluding hydrogens is 292 g/mol. The van der Waals surface area contributed by atoms with Crippen molar-refractivity contribution < 1.29 is 19.4 Å². The molecule has 0 aliphatic rings. The van der Waals surface area contributed by atoms with Gasteiger partial charge in [0.1, 0.15) is 5.78 Å². The predicted molar refractivity (Wildman–Crippen MR) is 91.7 cm³/mol. The lowest BCUT2D eigenvalue weighted by molar-refractivity contribution is -0.124. The second kappa shape index (κ2) is 10.6. The summed E-state index contributed by atoms with van der Waals surface area (Å²) in [6.07, 6.45) is 8.92. The first-order chi connectivity index (χ1) is 11.1. The van der Waals surface area contributed by atoms with Gasteiger partial charge >= 0.3 is 0 Å². The molecule has 23 heavy (non-hydrogen) atoms. The van der Waals surface area contributed by atoms with E-state index in [9.17, 15) is 14.7 Å². The normalized spacial score (nSPS) is 10.9. The Morgan fingerprint density at radius 3 is 2.61 bits per heavy atom. The monoisotopic (exact) mass is 318 g/mol. The van der Waals surface area contributed by atoms with E-state index in [0.29, 0.717) is 12.2 Å². The van der Waals surface area contributed by atoms with Gasteiger partial charge in [-0.3, -0.25) is 9.59 Å². The summed E-state index contributed by atoms with van der Waals surface area (Å²) in [4.78, 5) is 23.5. The number of phenols is 1. The van der Waals surface area contributed by atoms with Gasteiger partial charge in [-0.15, -0.1) is 0 Å². The van der Waals surface area contributed by atoms with Crippen molar-refractivity contribution in [2.45, 2.75) is 51.9 Å². The Kier molecular flexibility index (Phi) is 8.73. The molecule has 0 heterocycles. The maximum absolute atomic E-state index is 11.8. The van der Waals surface area contributed by atoms with Crippen molar-refractivity contribution >= 4 is 17.6 Å². The Morgan fingerprint density at radius 1 is 1.17 bits per heavy atom. The minimum atomic E-state index is -0.199. The highest BCUT2D eigenvalue weighted by Gasteiger charge is 2.07. The highest BCUT2D eigenvalue weighted by atomic mass is 16.5. The molecule has 0 amide bonds. The average molecular weight is 318 g/mol. The summed E-state index contributed by atoms with van der Waals surface area (Å²) in [6, 6.07) is 4.82. The van der Waals surface area contributed by atoms with Crippen LogP contribution < -0.4 is 4.74 Å². The van der Waals surface area contributed by atoms with Crippen LogP contribution in [0.3, 0.4) is 0 Å². The molecule has 0 saturated carbocycles. The summed E-state index contributed by atoms with van der Waals surface area (Å²) in [6.45, 7) is 2.15. The molecule has 126 valence electrons. The molecule has 1 aromatic carbocycles. The fourth-order valence-electron chi connectivity index (χ4n) is 2.25. The van der Waals surface area contributed by atoms with Gasteiger partial charge in [0.25, 0.3) is 0 Å². The Morgan fingerprint density at radius 2 is 1.91 bits per heavy atom.